The summed E-state index contributed by atoms with van der Waals surface area (Å²) < 4.78 is 5.51. The van der Waals surface area contributed by atoms with E-state index in [-0.39, 0.29) is 24.4 Å². The third kappa shape index (κ3) is 4.92. The van der Waals surface area contributed by atoms with Gasteiger partial charge in [-0.25, -0.2) is 9.59 Å². The van der Waals surface area contributed by atoms with E-state index < -0.39 is 18.1 Å². The van der Waals surface area contributed by atoms with Crippen molar-refractivity contribution in [3.05, 3.63) is 95.1 Å². The van der Waals surface area contributed by atoms with Crippen molar-refractivity contribution in [2.45, 2.75) is 44.6 Å². The highest BCUT2D eigenvalue weighted by atomic mass is 16.6. The number of carboxylic acid groups (broad SMARTS) is 1. The van der Waals surface area contributed by atoms with E-state index in [0.717, 1.165) is 27.8 Å². The number of carboxylic acids is 1. The number of hydrogen-bond acceptors (Lipinski definition) is 3. The minimum atomic E-state index is -1.09. The summed E-state index contributed by atoms with van der Waals surface area (Å²) in [6.45, 7) is 6.52. The van der Waals surface area contributed by atoms with Crippen LogP contribution in [0.3, 0.4) is 0 Å². The number of rotatable bonds is 6. The van der Waals surface area contributed by atoms with Crippen LogP contribution in [-0.2, 0) is 21.4 Å². The number of nitrogens with one attached hydrogen (secondary N) is 1. The Kier molecular flexibility index (Phi) is 6.23. The van der Waals surface area contributed by atoms with Gasteiger partial charge >= 0.3 is 12.1 Å². The van der Waals surface area contributed by atoms with E-state index >= 15 is 0 Å². The third-order valence-corrected chi connectivity index (χ3v) is 6.19. The second kappa shape index (κ2) is 9.10. The molecule has 1 aliphatic carbocycles. The smallest absolute Gasteiger partial charge is 0.407 e. The van der Waals surface area contributed by atoms with E-state index in [2.05, 4.69) is 38.2 Å². The molecule has 3 aromatic rings. The number of aliphatic carboxylic acids is 1. The lowest BCUT2D eigenvalue weighted by Gasteiger charge is -2.20. The fourth-order valence-electron chi connectivity index (χ4n) is 4.36. The summed E-state index contributed by atoms with van der Waals surface area (Å²) in [6.07, 6.45) is -0.542. The van der Waals surface area contributed by atoms with Crippen LogP contribution in [-0.4, -0.2) is 29.8 Å². The van der Waals surface area contributed by atoms with Crippen molar-refractivity contribution in [1.82, 2.24) is 5.32 Å². The molecule has 0 fully saturated rings. The second-order valence-corrected chi connectivity index (χ2v) is 9.51. The molecule has 2 N–H and O–H groups in total. The molecule has 33 heavy (non-hydrogen) atoms. The molecule has 5 nitrogen and oxygen atoms in total. The normalized spacial score (nSPS) is 13.7. The molecule has 0 saturated heterocycles. The highest BCUT2D eigenvalue weighted by molar-refractivity contribution is 5.81. The highest BCUT2D eigenvalue weighted by Crippen LogP contribution is 2.44. The fourth-order valence-corrected chi connectivity index (χ4v) is 4.36. The lowest BCUT2D eigenvalue weighted by Crippen LogP contribution is -2.42. The lowest BCUT2D eigenvalue weighted by atomic mass is 9.98. The van der Waals surface area contributed by atoms with Crippen molar-refractivity contribution in [3.8, 4) is 11.1 Å². The van der Waals surface area contributed by atoms with Gasteiger partial charge in [0.2, 0.25) is 0 Å². The van der Waals surface area contributed by atoms with Crippen LogP contribution in [0.25, 0.3) is 11.1 Å². The topological polar surface area (TPSA) is 75.6 Å². The lowest BCUT2D eigenvalue weighted by molar-refractivity contribution is -0.139. The Morgan fingerprint density at radius 2 is 1.45 bits per heavy atom. The van der Waals surface area contributed by atoms with Gasteiger partial charge in [-0.3, -0.25) is 0 Å². The van der Waals surface area contributed by atoms with Crippen molar-refractivity contribution in [2.75, 3.05) is 6.61 Å². The van der Waals surface area contributed by atoms with Gasteiger partial charge in [-0.05, 0) is 38.8 Å². The average molecular weight is 453 g/mol. The van der Waals surface area contributed by atoms with E-state index in [4.69, 9.17) is 4.74 Å². The Morgan fingerprint density at radius 1 is 0.909 bits per heavy atom. The molecule has 1 amide bonds. The van der Waals surface area contributed by atoms with Crippen LogP contribution in [0.15, 0.2) is 72.8 Å². The SMILES string of the molecule is CC(C)(C)[13c]1[13cH][13cH][13c]([13CH2][13C@H]([15NH]C(=O)OCC2c3ccccc3-c3ccccc32)[13C](=O)O)[13cH][13cH]1. The summed E-state index contributed by atoms with van der Waals surface area (Å²) in [4.78, 5) is 24.3. The largest absolute Gasteiger partial charge is 0.480 e. The molecule has 0 spiro atoms. The van der Waals surface area contributed by atoms with E-state index in [0.29, 0.717) is 0 Å². The molecule has 0 radical (unpaired) electrons. The molecular formula is C28H29NO4. The maximum atomic E-state index is 12.5. The molecule has 0 aliphatic heterocycles. The van der Waals surface area contributed by atoms with Crippen LogP contribution in [0.2, 0.25) is 0 Å². The Balaban J connectivity index is 1.41. The Morgan fingerprint density at radius 3 is 1.97 bits per heavy atom. The van der Waals surface area contributed by atoms with Crippen LogP contribution in [0.5, 0.6) is 0 Å². The van der Waals surface area contributed by atoms with Crippen molar-refractivity contribution >= 4 is 12.1 Å². The van der Waals surface area contributed by atoms with Gasteiger partial charge in [0, 0.05) is 12.3 Å². The summed E-state index contributed by atoms with van der Waals surface area (Å²) >= 11 is 0. The molecule has 3 aromatic carbocycles. The number of ether oxygens (including phenoxy) is 1. The maximum Gasteiger partial charge on any atom is 0.407 e. The van der Waals surface area contributed by atoms with Crippen molar-refractivity contribution in [2.24, 2.45) is 0 Å². The molecule has 0 bridgehead atoms. The number of carbonyl (C=O) groups is 2. The molecule has 1 aliphatic rings. The molecule has 0 aromatic heterocycles. The van der Waals surface area contributed by atoms with Crippen LogP contribution >= 0.6 is 0 Å². The van der Waals surface area contributed by atoms with E-state index in [1.807, 2.05) is 60.7 Å². The summed E-state index contributed by atoms with van der Waals surface area (Å²) in [5.41, 5.74) is 6.54. The number of hydrogen-bond donors (Lipinski definition) is 2. The molecule has 5 heteroatoms. The first-order valence-corrected chi connectivity index (χ1v) is 11.2. The van der Waals surface area contributed by atoms with Crippen molar-refractivity contribution < 1.29 is 19.4 Å². The monoisotopic (exact) mass is 453 g/mol. The van der Waals surface area contributed by atoms with Crippen LogP contribution < -0.4 is 5.32 Å². The predicted octanol–water partition coefficient (Wildman–Crippen LogP) is 5.52. The Hall–Kier alpha value is -3.60. The molecule has 4 rings (SSSR count). The van der Waals surface area contributed by atoms with Gasteiger partial charge in [0.05, 0.1) is 0 Å². The Bertz CT molecular complexity index is 1120. The van der Waals surface area contributed by atoms with Crippen LogP contribution in [0, 0.1) is 0 Å². The summed E-state index contributed by atoms with van der Waals surface area (Å²) in [5, 5.41) is 12.2. The van der Waals surface area contributed by atoms with E-state index in [1.54, 1.807) is 0 Å². The first kappa shape index (κ1) is 22.6. The quantitative estimate of drug-likeness (QED) is 0.381. The number of fused-ring (bicyclic) bond motifs is 3. The van der Waals surface area contributed by atoms with E-state index in [9.17, 15) is 14.7 Å². The van der Waals surface area contributed by atoms with Gasteiger partial charge in [0.15, 0.2) is 0 Å². The van der Waals surface area contributed by atoms with Gasteiger partial charge in [0.1, 0.15) is 12.6 Å². The number of carbonyl (C=O) groups excluding carboxylic acids is 1. The first-order valence-electron chi connectivity index (χ1n) is 11.2. The zero-order valence-electron chi connectivity index (χ0n) is 19.2. The molecule has 0 unspecified atom stereocenters. The zero-order chi connectivity index (χ0) is 23.6. The van der Waals surface area contributed by atoms with E-state index in [1.165, 1.54) is 5.56 Å². The molecule has 170 valence electrons. The van der Waals surface area contributed by atoms with Crippen LogP contribution in [0.1, 0.15) is 48.9 Å². The van der Waals surface area contributed by atoms with Crippen molar-refractivity contribution in [3.63, 3.8) is 0 Å². The summed E-state index contributed by atoms with van der Waals surface area (Å²) in [7, 11) is 0. The average Bonchev–Trinajstić information content (AvgIpc) is 3.11. The summed E-state index contributed by atoms with van der Waals surface area (Å²) in [6, 6.07) is 22.9. The predicted molar refractivity (Wildman–Crippen MR) is 128 cm³/mol. The molecule has 1 atom stereocenters. The maximum absolute atomic E-state index is 12.5. The molecule has 0 heterocycles. The highest BCUT2D eigenvalue weighted by Gasteiger charge is 2.29. The number of benzene rings is 3. The van der Waals surface area contributed by atoms with Crippen molar-refractivity contribution in [1.29, 1.82) is 0 Å². The standard InChI is InChI=1S/C28H29NO4/c1-28(2,3)19-14-12-18(13-15-19)16-25(26(30)31)29-27(32)33-17-24-22-10-6-4-8-20(22)21-9-5-7-11-23(21)24/h4-15,24-25H,16-17H2,1-3H3,(H,29,32)(H,30,31)/t25-/m0/s1/i12+1,13+1,14+1,15+1,16+1,18+1,19+1,25+1,26+1,29+1. The van der Waals surface area contributed by atoms with Crippen LogP contribution in [0.4, 0.5) is 4.79 Å². The second-order valence-electron chi connectivity index (χ2n) is 9.51. The van der Waals surface area contributed by atoms with Gasteiger partial charge < -0.3 is 15.2 Å². The minimum Gasteiger partial charge on any atom is -0.480 e. The van der Waals surface area contributed by atoms with Gasteiger partial charge in [0.25, 0.3) is 0 Å². The fraction of sp³-hybridized carbons (Fsp3) is 0.286. The number of alkyl carbamates (subject to hydrolysis) is 1. The molecular weight excluding hydrogens is 424 g/mol. The van der Waals surface area contributed by atoms with Gasteiger partial charge in [-0.15, -0.1) is 0 Å². The Labute approximate surface area is 194 Å². The molecule has 0 saturated carbocycles. The number of amides is 1. The summed E-state index contributed by atoms with van der Waals surface area (Å²) in [5.74, 6) is -1.17. The van der Waals surface area contributed by atoms with Gasteiger partial charge in [-0.2, -0.15) is 0 Å². The zero-order valence-corrected chi connectivity index (χ0v) is 19.2. The van der Waals surface area contributed by atoms with Gasteiger partial charge in [-0.1, -0.05) is 93.6 Å². The minimum absolute atomic E-state index is 0.0181. The first-order chi connectivity index (χ1) is 15.7. The third-order valence-electron chi connectivity index (χ3n) is 6.19.